The topological polar surface area (TPSA) is 61.4 Å². The highest BCUT2D eigenvalue weighted by atomic mass is 16.3. The number of carbonyl (C=O) groups excluding carboxylic acids is 1. The Hall–Kier alpha value is -1.39. The highest BCUT2D eigenvalue weighted by molar-refractivity contribution is 5.96. The van der Waals surface area contributed by atoms with Crippen molar-refractivity contribution in [3.63, 3.8) is 0 Å². The van der Waals surface area contributed by atoms with Gasteiger partial charge in [-0.05, 0) is 43.0 Å². The summed E-state index contributed by atoms with van der Waals surface area (Å²) in [6, 6.07) is 5.96. The van der Waals surface area contributed by atoms with E-state index in [0.717, 1.165) is 50.8 Å². The molecule has 2 aliphatic rings. The molecule has 0 bridgehead atoms. The van der Waals surface area contributed by atoms with E-state index >= 15 is 0 Å². The van der Waals surface area contributed by atoms with Crippen molar-refractivity contribution in [1.82, 2.24) is 10.6 Å². The van der Waals surface area contributed by atoms with Gasteiger partial charge in [0.05, 0.1) is 6.61 Å². The van der Waals surface area contributed by atoms with Crippen LogP contribution in [0, 0.1) is 5.41 Å². The molecule has 4 nitrogen and oxygen atoms in total. The number of aliphatic hydroxyl groups is 1. The van der Waals surface area contributed by atoms with E-state index in [-0.39, 0.29) is 17.9 Å². The molecule has 0 unspecified atom stereocenters. The molecule has 1 heterocycles. The van der Waals surface area contributed by atoms with Crippen LogP contribution >= 0.6 is 0 Å². The Balaban J connectivity index is 1.71. The lowest BCUT2D eigenvalue weighted by Crippen LogP contribution is -2.39. The summed E-state index contributed by atoms with van der Waals surface area (Å²) in [7, 11) is 0. The zero-order valence-electron chi connectivity index (χ0n) is 12.5. The number of amides is 1. The number of carbonyl (C=O) groups is 1. The van der Waals surface area contributed by atoms with Crippen LogP contribution in [-0.4, -0.2) is 30.7 Å². The van der Waals surface area contributed by atoms with Crippen LogP contribution in [0.1, 0.15) is 47.2 Å². The lowest BCUT2D eigenvalue weighted by molar-refractivity contribution is 0.0879. The van der Waals surface area contributed by atoms with Crippen molar-refractivity contribution < 1.29 is 9.90 Å². The van der Waals surface area contributed by atoms with Gasteiger partial charge in [0.1, 0.15) is 0 Å². The quantitative estimate of drug-likeness (QED) is 0.789. The third kappa shape index (κ3) is 2.97. The van der Waals surface area contributed by atoms with Gasteiger partial charge in [0.15, 0.2) is 0 Å². The largest absolute Gasteiger partial charge is 0.396 e. The van der Waals surface area contributed by atoms with Gasteiger partial charge < -0.3 is 15.7 Å². The average molecular weight is 288 g/mol. The minimum atomic E-state index is -0.0912. The summed E-state index contributed by atoms with van der Waals surface area (Å²) in [5.74, 6) is 0.00785. The van der Waals surface area contributed by atoms with Crippen LogP contribution < -0.4 is 10.6 Å². The van der Waals surface area contributed by atoms with Gasteiger partial charge >= 0.3 is 0 Å². The minimum absolute atomic E-state index is 0.00785. The van der Waals surface area contributed by atoms with Gasteiger partial charge in [-0.3, -0.25) is 4.79 Å². The van der Waals surface area contributed by atoms with Gasteiger partial charge in [-0.1, -0.05) is 25.0 Å². The number of aliphatic hydroxyl groups excluding tert-OH is 1. The first-order valence-corrected chi connectivity index (χ1v) is 7.95. The molecule has 1 saturated carbocycles. The molecule has 3 rings (SSSR count). The van der Waals surface area contributed by atoms with Crippen LogP contribution in [0.3, 0.4) is 0 Å². The van der Waals surface area contributed by atoms with Gasteiger partial charge in [-0.25, -0.2) is 0 Å². The van der Waals surface area contributed by atoms with E-state index in [2.05, 4.69) is 16.7 Å². The molecular weight excluding hydrogens is 264 g/mol. The number of benzene rings is 1. The second-order valence-corrected chi connectivity index (χ2v) is 6.42. The van der Waals surface area contributed by atoms with Crippen molar-refractivity contribution in [1.29, 1.82) is 0 Å². The molecule has 0 aromatic heterocycles. The lowest BCUT2D eigenvalue weighted by atomic mass is 9.87. The molecule has 0 radical (unpaired) electrons. The van der Waals surface area contributed by atoms with Crippen molar-refractivity contribution in [3.8, 4) is 0 Å². The molecule has 21 heavy (non-hydrogen) atoms. The Bertz CT molecular complexity index is 522. The van der Waals surface area contributed by atoms with Gasteiger partial charge in [-0.15, -0.1) is 0 Å². The number of hydrogen-bond acceptors (Lipinski definition) is 3. The second kappa shape index (κ2) is 6.16. The van der Waals surface area contributed by atoms with Crippen molar-refractivity contribution >= 4 is 5.91 Å². The summed E-state index contributed by atoms with van der Waals surface area (Å²) in [6.45, 7) is 2.53. The van der Waals surface area contributed by atoms with Crippen LogP contribution in [0.2, 0.25) is 0 Å². The molecule has 1 amide bonds. The molecule has 1 aromatic rings. The summed E-state index contributed by atoms with van der Waals surface area (Å²) >= 11 is 0. The maximum absolute atomic E-state index is 12.5. The van der Waals surface area contributed by atoms with Crippen molar-refractivity contribution in [2.75, 3.05) is 19.7 Å². The SMILES string of the molecule is O=C(NCC1(CO)CCCC1)c1cccc2c1CCNC2. The Morgan fingerprint density at radius 1 is 1.33 bits per heavy atom. The molecular formula is C17H24N2O2. The van der Waals surface area contributed by atoms with Crippen LogP contribution in [0.25, 0.3) is 0 Å². The van der Waals surface area contributed by atoms with Gasteiger partial charge in [-0.2, -0.15) is 0 Å². The molecule has 1 aliphatic carbocycles. The Morgan fingerprint density at radius 3 is 2.90 bits per heavy atom. The summed E-state index contributed by atoms with van der Waals surface area (Å²) in [4.78, 5) is 12.5. The predicted octanol–water partition coefficient (Wildman–Crippen LogP) is 1.61. The van der Waals surface area contributed by atoms with E-state index in [9.17, 15) is 9.90 Å². The third-order valence-corrected chi connectivity index (χ3v) is 5.01. The van der Waals surface area contributed by atoms with Gasteiger partial charge in [0.2, 0.25) is 0 Å². The van der Waals surface area contributed by atoms with Crippen LogP contribution in [0.5, 0.6) is 0 Å². The van der Waals surface area contributed by atoms with E-state index in [1.54, 1.807) is 0 Å². The van der Waals surface area contributed by atoms with Gasteiger partial charge in [0.25, 0.3) is 5.91 Å². The maximum atomic E-state index is 12.5. The number of rotatable bonds is 4. The van der Waals surface area contributed by atoms with E-state index in [0.29, 0.717) is 6.54 Å². The third-order valence-electron chi connectivity index (χ3n) is 5.01. The number of hydrogen-bond donors (Lipinski definition) is 3. The molecule has 0 spiro atoms. The zero-order chi connectivity index (χ0) is 14.7. The summed E-state index contributed by atoms with van der Waals surface area (Å²) in [5.41, 5.74) is 3.12. The molecule has 4 heteroatoms. The molecule has 0 saturated heterocycles. The van der Waals surface area contributed by atoms with E-state index in [1.165, 1.54) is 11.1 Å². The minimum Gasteiger partial charge on any atom is -0.396 e. The first-order valence-electron chi connectivity index (χ1n) is 7.95. The smallest absolute Gasteiger partial charge is 0.251 e. The van der Waals surface area contributed by atoms with Gasteiger partial charge in [0, 0.05) is 24.1 Å². The molecule has 1 aromatic carbocycles. The monoisotopic (exact) mass is 288 g/mol. The summed E-state index contributed by atoms with van der Waals surface area (Å²) < 4.78 is 0. The summed E-state index contributed by atoms with van der Waals surface area (Å²) in [5, 5.41) is 16.0. The first-order chi connectivity index (χ1) is 10.2. The fourth-order valence-electron chi connectivity index (χ4n) is 3.62. The standard InChI is InChI=1S/C17H24N2O2/c20-12-17(7-1-2-8-17)11-19-16(21)15-5-3-4-13-10-18-9-6-14(13)15/h3-5,18,20H,1-2,6-12H2,(H,19,21). The molecule has 114 valence electrons. The molecule has 0 atom stereocenters. The fraction of sp³-hybridized carbons (Fsp3) is 0.588. The van der Waals surface area contributed by atoms with Crippen molar-refractivity contribution in [3.05, 3.63) is 34.9 Å². The van der Waals surface area contributed by atoms with Crippen molar-refractivity contribution in [2.45, 2.75) is 38.6 Å². The lowest BCUT2D eigenvalue weighted by Gasteiger charge is -2.27. The Labute approximate surface area is 125 Å². The normalized spacial score (nSPS) is 20.0. The highest BCUT2D eigenvalue weighted by Crippen LogP contribution is 2.37. The Morgan fingerprint density at radius 2 is 2.14 bits per heavy atom. The molecule has 1 aliphatic heterocycles. The van der Waals surface area contributed by atoms with E-state index in [4.69, 9.17) is 0 Å². The average Bonchev–Trinajstić information content (AvgIpc) is 3.01. The fourth-order valence-corrected chi connectivity index (χ4v) is 3.62. The molecule has 3 N–H and O–H groups in total. The second-order valence-electron chi connectivity index (χ2n) is 6.42. The first kappa shape index (κ1) is 14.5. The maximum Gasteiger partial charge on any atom is 0.251 e. The Kier molecular flexibility index (Phi) is 4.27. The molecule has 1 fully saturated rings. The number of nitrogens with one attached hydrogen (secondary N) is 2. The predicted molar refractivity (Wildman–Crippen MR) is 82.2 cm³/mol. The summed E-state index contributed by atoms with van der Waals surface area (Å²) in [6.07, 6.45) is 5.25. The zero-order valence-corrected chi connectivity index (χ0v) is 12.5. The van der Waals surface area contributed by atoms with E-state index in [1.807, 2.05) is 12.1 Å². The number of fused-ring (bicyclic) bond motifs is 1. The highest BCUT2D eigenvalue weighted by Gasteiger charge is 2.33. The van der Waals surface area contributed by atoms with Crippen molar-refractivity contribution in [2.24, 2.45) is 5.41 Å². The van der Waals surface area contributed by atoms with Crippen LogP contribution in [-0.2, 0) is 13.0 Å². The van der Waals surface area contributed by atoms with Crippen LogP contribution in [0.4, 0.5) is 0 Å². The van der Waals surface area contributed by atoms with Crippen LogP contribution in [0.15, 0.2) is 18.2 Å². The van der Waals surface area contributed by atoms with E-state index < -0.39 is 0 Å².